The summed E-state index contributed by atoms with van der Waals surface area (Å²) in [5.41, 5.74) is 6.20. The molecule has 0 bridgehead atoms. The lowest BCUT2D eigenvalue weighted by molar-refractivity contribution is 0.541. The number of halogens is 2. The second-order valence-corrected chi connectivity index (χ2v) is 5.64. The van der Waals surface area contributed by atoms with Crippen LogP contribution < -0.4 is 5.73 Å². The standard InChI is InChI=1S/C12H7F2N3S2/c13-7-3-6(15)4-8(14)10(7)19-12-11-9(1-2-18-11)16-5-17-12/h1-5H,15H2. The van der Waals surface area contributed by atoms with Crippen molar-refractivity contribution in [3.8, 4) is 0 Å². The van der Waals surface area contributed by atoms with Crippen molar-refractivity contribution in [2.75, 3.05) is 5.73 Å². The van der Waals surface area contributed by atoms with Crippen LogP contribution in [0, 0.1) is 11.6 Å². The molecule has 0 aliphatic rings. The third-order valence-electron chi connectivity index (χ3n) is 2.43. The van der Waals surface area contributed by atoms with Crippen LogP contribution in [0.3, 0.4) is 0 Å². The molecule has 19 heavy (non-hydrogen) atoms. The summed E-state index contributed by atoms with van der Waals surface area (Å²) in [6, 6.07) is 4.03. The molecule has 0 fully saturated rings. The summed E-state index contributed by atoms with van der Waals surface area (Å²) in [4.78, 5) is 8.05. The predicted octanol–water partition coefficient (Wildman–Crippen LogP) is 3.70. The molecule has 0 unspecified atom stereocenters. The average Bonchev–Trinajstić information content (AvgIpc) is 2.82. The Hall–Kier alpha value is -1.73. The number of fused-ring (bicyclic) bond motifs is 1. The predicted molar refractivity (Wildman–Crippen MR) is 72.3 cm³/mol. The number of rotatable bonds is 2. The fourth-order valence-electron chi connectivity index (χ4n) is 1.61. The van der Waals surface area contributed by atoms with Gasteiger partial charge in [0.05, 0.1) is 15.1 Å². The molecule has 3 rings (SSSR count). The van der Waals surface area contributed by atoms with Gasteiger partial charge in [0, 0.05) is 5.69 Å². The van der Waals surface area contributed by atoms with E-state index in [4.69, 9.17) is 5.73 Å². The summed E-state index contributed by atoms with van der Waals surface area (Å²) in [6.45, 7) is 0. The van der Waals surface area contributed by atoms with Crippen LogP contribution in [0.4, 0.5) is 14.5 Å². The fraction of sp³-hybridized carbons (Fsp3) is 0. The third kappa shape index (κ3) is 2.26. The van der Waals surface area contributed by atoms with Gasteiger partial charge in [0.25, 0.3) is 0 Å². The molecular weight excluding hydrogens is 288 g/mol. The molecule has 2 heterocycles. The van der Waals surface area contributed by atoms with E-state index in [1.807, 2.05) is 11.4 Å². The van der Waals surface area contributed by atoms with Gasteiger partial charge in [0.2, 0.25) is 0 Å². The number of nitrogens with zero attached hydrogens (tertiary/aromatic N) is 2. The normalized spacial score (nSPS) is 11.1. The molecule has 96 valence electrons. The van der Waals surface area contributed by atoms with Crippen molar-refractivity contribution < 1.29 is 8.78 Å². The van der Waals surface area contributed by atoms with E-state index in [1.165, 1.54) is 17.7 Å². The average molecular weight is 295 g/mol. The van der Waals surface area contributed by atoms with Crippen molar-refractivity contribution in [1.82, 2.24) is 9.97 Å². The first-order chi connectivity index (χ1) is 9.15. The monoisotopic (exact) mass is 295 g/mol. The Labute approximate surface area is 115 Å². The van der Waals surface area contributed by atoms with Crippen LogP contribution >= 0.6 is 23.1 Å². The first-order valence-corrected chi connectivity index (χ1v) is 6.95. The molecule has 0 saturated heterocycles. The van der Waals surface area contributed by atoms with Gasteiger partial charge < -0.3 is 5.73 Å². The second kappa shape index (κ2) is 4.75. The minimum absolute atomic E-state index is 0.0586. The quantitative estimate of drug-likeness (QED) is 0.578. The maximum atomic E-state index is 13.7. The highest BCUT2D eigenvalue weighted by Crippen LogP contribution is 2.36. The van der Waals surface area contributed by atoms with Gasteiger partial charge in [0.1, 0.15) is 23.0 Å². The first kappa shape index (κ1) is 12.3. The second-order valence-electron chi connectivity index (χ2n) is 3.73. The zero-order chi connectivity index (χ0) is 13.4. The molecule has 0 radical (unpaired) electrons. The van der Waals surface area contributed by atoms with Crippen molar-refractivity contribution in [3.05, 3.63) is 41.5 Å². The molecule has 3 aromatic rings. The van der Waals surface area contributed by atoms with Crippen LogP contribution in [0.5, 0.6) is 0 Å². The van der Waals surface area contributed by atoms with E-state index in [9.17, 15) is 8.78 Å². The number of nitrogens with two attached hydrogens (primary N) is 1. The lowest BCUT2D eigenvalue weighted by Gasteiger charge is -2.05. The molecule has 7 heteroatoms. The molecule has 0 atom stereocenters. The summed E-state index contributed by atoms with van der Waals surface area (Å²) in [6.07, 6.45) is 1.38. The number of thiophene rings is 1. The minimum Gasteiger partial charge on any atom is -0.399 e. The largest absolute Gasteiger partial charge is 0.399 e. The van der Waals surface area contributed by atoms with Crippen LogP contribution in [0.15, 0.2) is 39.8 Å². The van der Waals surface area contributed by atoms with Gasteiger partial charge in [-0.3, -0.25) is 0 Å². The van der Waals surface area contributed by atoms with Gasteiger partial charge in [0.15, 0.2) is 0 Å². The zero-order valence-electron chi connectivity index (χ0n) is 9.43. The number of hydrogen-bond acceptors (Lipinski definition) is 5. The SMILES string of the molecule is Nc1cc(F)c(Sc2ncnc3ccsc23)c(F)c1. The van der Waals surface area contributed by atoms with Crippen LogP contribution in [0.2, 0.25) is 0 Å². The Morgan fingerprint density at radius 1 is 1.16 bits per heavy atom. The van der Waals surface area contributed by atoms with E-state index in [1.54, 1.807) is 0 Å². The number of anilines is 1. The van der Waals surface area contributed by atoms with Crippen molar-refractivity contribution in [2.24, 2.45) is 0 Å². The summed E-state index contributed by atoms with van der Waals surface area (Å²) < 4.78 is 28.3. The number of aromatic nitrogens is 2. The minimum atomic E-state index is -0.689. The first-order valence-electron chi connectivity index (χ1n) is 5.26. The van der Waals surface area contributed by atoms with E-state index in [0.717, 1.165) is 34.1 Å². The highest BCUT2D eigenvalue weighted by Gasteiger charge is 2.15. The number of benzene rings is 1. The van der Waals surface area contributed by atoms with Gasteiger partial charge in [-0.1, -0.05) is 11.8 Å². The third-order valence-corrected chi connectivity index (χ3v) is 4.57. The molecule has 2 N–H and O–H groups in total. The Morgan fingerprint density at radius 2 is 1.89 bits per heavy atom. The maximum Gasteiger partial charge on any atom is 0.142 e. The van der Waals surface area contributed by atoms with Crippen LogP contribution in [-0.2, 0) is 0 Å². The van der Waals surface area contributed by atoms with Crippen LogP contribution in [0.25, 0.3) is 10.2 Å². The molecule has 0 saturated carbocycles. The highest BCUT2D eigenvalue weighted by atomic mass is 32.2. The molecule has 0 aliphatic carbocycles. The molecule has 0 spiro atoms. The molecule has 1 aromatic carbocycles. The Balaban J connectivity index is 2.09. The van der Waals surface area contributed by atoms with Crippen molar-refractivity contribution in [1.29, 1.82) is 0 Å². The maximum absolute atomic E-state index is 13.7. The molecular formula is C12H7F2N3S2. The Bertz CT molecular complexity index is 735. The van der Waals surface area contributed by atoms with Gasteiger partial charge in [-0.25, -0.2) is 18.7 Å². The summed E-state index contributed by atoms with van der Waals surface area (Å²) >= 11 is 2.37. The van der Waals surface area contributed by atoms with Crippen molar-refractivity contribution in [2.45, 2.75) is 9.92 Å². The topological polar surface area (TPSA) is 51.8 Å². The zero-order valence-corrected chi connectivity index (χ0v) is 11.1. The van der Waals surface area contributed by atoms with Gasteiger partial charge in [-0.2, -0.15) is 0 Å². The molecule has 0 aliphatic heterocycles. The molecule has 3 nitrogen and oxygen atoms in total. The Kier molecular flexibility index (Phi) is 3.08. The van der Waals surface area contributed by atoms with Crippen molar-refractivity contribution >= 4 is 39.0 Å². The van der Waals surface area contributed by atoms with Crippen LogP contribution in [-0.4, -0.2) is 9.97 Å². The van der Waals surface area contributed by atoms with E-state index in [0.29, 0.717) is 5.03 Å². The number of nitrogen functional groups attached to an aromatic ring is 1. The lowest BCUT2D eigenvalue weighted by Crippen LogP contribution is -1.93. The summed E-state index contributed by atoms with van der Waals surface area (Å²) in [5.74, 6) is -1.38. The lowest BCUT2D eigenvalue weighted by atomic mass is 10.3. The van der Waals surface area contributed by atoms with E-state index >= 15 is 0 Å². The summed E-state index contributed by atoms with van der Waals surface area (Å²) in [7, 11) is 0. The van der Waals surface area contributed by atoms with Gasteiger partial charge >= 0.3 is 0 Å². The Morgan fingerprint density at radius 3 is 2.63 bits per heavy atom. The van der Waals surface area contributed by atoms with E-state index < -0.39 is 11.6 Å². The fourth-order valence-corrected chi connectivity index (χ4v) is 3.41. The molecule has 2 aromatic heterocycles. The summed E-state index contributed by atoms with van der Waals surface area (Å²) in [5, 5.41) is 2.39. The van der Waals surface area contributed by atoms with E-state index in [-0.39, 0.29) is 10.6 Å². The highest BCUT2D eigenvalue weighted by molar-refractivity contribution is 7.99. The number of hydrogen-bond donors (Lipinski definition) is 1. The van der Waals surface area contributed by atoms with Crippen molar-refractivity contribution in [3.63, 3.8) is 0 Å². The van der Waals surface area contributed by atoms with Gasteiger partial charge in [-0.15, -0.1) is 11.3 Å². The van der Waals surface area contributed by atoms with Crippen LogP contribution in [0.1, 0.15) is 0 Å². The van der Waals surface area contributed by atoms with E-state index in [2.05, 4.69) is 9.97 Å². The molecule has 0 amide bonds. The van der Waals surface area contributed by atoms with Gasteiger partial charge in [-0.05, 0) is 23.6 Å². The smallest absolute Gasteiger partial charge is 0.142 e.